The standard InChI is InChI=1S/C18H18BrNO3/c1-12(19)9-16(18(22)23-2)20-17(21)11-13-7-8-14-5-3-4-6-15(14)10-13/h3-8,10,16H,1,9,11H2,2H3,(H,20,21)/t16-/m1/s1. The van der Waals surface area contributed by atoms with Crippen molar-refractivity contribution in [2.75, 3.05) is 7.11 Å². The fourth-order valence-corrected chi connectivity index (χ4v) is 2.66. The Hall–Kier alpha value is -2.14. The lowest BCUT2D eigenvalue weighted by atomic mass is 10.0. The van der Waals surface area contributed by atoms with Crippen molar-refractivity contribution in [3.8, 4) is 0 Å². The van der Waals surface area contributed by atoms with E-state index >= 15 is 0 Å². The summed E-state index contributed by atoms with van der Waals surface area (Å²) < 4.78 is 5.33. The second kappa shape index (κ2) is 7.92. The zero-order chi connectivity index (χ0) is 16.8. The van der Waals surface area contributed by atoms with E-state index in [1.54, 1.807) is 0 Å². The highest BCUT2D eigenvalue weighted by Gasteiger charge is 2.21. The maximum atomic E-state index is 12.2. The molecule has 1 amide bonds. The summed E-state index contributed by atoms with van der Waals surface area (Å²) in [5, 5.41) is 4.90. The maximum Gasteiger partial charge on any atom is 0.328 e. The third-order valence-electron chi connectivity index (χ3n) is 3.43. The van der Waals surface area contributed by atoms with Crippen molar-refractivity contribution in [2.24, 2.45) is 0 Å². The number of hydrogen-bond acceptors (Lipinski definition) is 3. The van der Waals surface area contributed by atoms with E-state index in [2.05, 4.69) is 27.8 Å². The minimum Gasteiger partial charge on any atom is -0.467 e. The van der Waals surface area contributed by atoms with Crippen molar-refractivity contribution in [2.45, 2.75) is 18.9 Å². The Balaban J connectivity index is 2.06. The first kappa shape index (κ1) is 17.2. The molecular formula is C18H18BrNO3. The van der Waals surface area contributed by atoms with E-state index in [4.69, 9.17) is 4.74 Å². The molecule has 0 bridgehead atoms. The maximum absolute atomic E-state index is 12.2. The number of benzene rings is 2. The quantitative estimate of drug-likeness (QED) is 0.787. The van der Waals surface area contributed by atoms with E-state index in [0.29, 0.717) is 4.48 Å². The average Bonchev–Trinajstić information content (AvgIpc) is 2.52. The highest BCUT2D eigenvalue weighted by Crippen LogP contribution is 2.16. The summed E-state index contributed by atoms with van der Waals surface area (Å²) >= 11 is 3.20. The minimum atomic E-state index is -0.736. The first-order valence-corrected chi connectivity index (χ1v) is 7.97. The molecular weight excluding hydrogens is 358 g/mol. The Bertz CT molecular complexity index is 742. The number of hydrogen-bond donors (Lipinski definition) is 1. The topological polar surface area (TPSA) is 55.4 Å². The van der Waals surface area contributed by atoms with Gasteiger partial charge in [0.05, 0.1) is 13.5 Å². The van der Waals surface area contributed by atoms with E-state index in [1.807, 2.05) is 42.5 Å². The van der Waals surface area contributed by atoms with E-state index in [1.165, 1.54) is 7.11 Å². The van der Waals surface area contributed by atoms with Crippen LogP contribution in [-0.2, 0) is 20.7 Å². The molecule has 0 aromatic heterocycles. The van der Waals surface area contributed by atoms with Crippen molar-refractivity contribution in [3.63, 3.8) is 0 Å². The van der Waals surface area contributed by atoms with E-state index in [-0.39, 0.29) is 18.7 Å². The molecule has 0 aliphatic rings. The van der Waals surface area contributed by atoms with Crippen molar-refractivity contribution < 1.29 is 14.3 Å². The molecule has 0 unspecified atom stereocenters. The molecule has 0 spiro atoms. The lowest BCUT2D eigenvalue weighted by Crippen LogP contribution is -2.42. The van der Waals surface area contributed by atoms with E-state index in [0.717, 1.165) is 16.3 Å². The van der Waals surface area contributed by atoms with Crippen LogP contribution in [0.4, 0.5) is 0 Å². The van der Waals surface area contributed by atoms with Crippen LogP contribution in [0.25, 0.3) is 10.8 Å². The molecule has 1 atom stereocenters. The summed E-state index contributed by atoms with van der Waals surface area (Å²) in [5.41, 5.74) is 0.891. The lowest BCUT2D eigenvalue weighted by molar-refractivity contribution is -0.144. The molecule has 0 saturated carbocycles. The van der Waals surface area contributed by atoms with Crippen LogP contribution in [-0.4, -0.2) is 25.0 Å². The fraction of sp³-hybridized carbons (Fsp3) is 0.222. The Kier molecular flexibility index (Phi) is 5.93. The smallest absolute Gasteiger partial charge is 0.328 e. The monoisotopic (exact) mass is 375 g/mol. The van der Waals surface area contributed by atoms with Crippen molar-refractivity contribution in [1.82, 2.24) is 5.32 Å². The Labute approximate surface area is 143 Å². The van der Waals surface area contributed by atoms with Crippen LogP contribution in [0.1, 0.15) is 12.0 Å². The first-order valence-electron chi connectivity index (χ1n) is 7.17. The summed E-state index contributed by atoms with van der Waals surface area (Å²) in [4.78, 5) is 23.9. The van der Waals surface area contributed by atoms with Gasteiger partial charge in [-0.2, -0.15) is 0 Å². The largest absolute Gasteiger partial charge is 0.467 e. The number of halogens is 1. The molecule has 120 valence electrons. The second-order valence-electron chi connectivity index (χ2n) is 5.22. The van der Waals surface area contributed by atoms with E-state index in [9.17, 15) is 9.59 Å². The fourth-order valence-electron chi connectivity index (χ4n) is 2.34. The van der Waals surface area contributed by atoms with Gasteiger partial charge in [0.2, 0.25) is 5.91 Å². The third kappa shape index (κ3) is 4.93. The van der Waals surface area contributed by atoms with Gasteiger partial charge in [-0.05, 0) is 20.8 Å². The Morgan fingerprint density at radius 3 is 2.57 bits per heavy atom. The van der Waals surface area contributed by atoms with Crippen molar-refractivity contribution >= 4 is 38.6 Å². The second-order valence-corrected chi connectivity index (χ2v) is 6.34. The predicted octanol–water partition coefficient (Wildman–Crippen LogP) is 3.34. The molecule has 1 N–H and O–H groups in total. The Morgan fingerprint density at radius 2 is 1.91 bits per heavy atom. The van der Waals surface area contributed by atoms with Gasteiger partial charge in [-0.3, -0.25) is 4.79 Å². The SMILES string of the molecule is C=C(Br)C[C@@H](NC(=O)Cc1ccc2ccccc2c1)C(=O)OC. The number of ether oxygens (including phenoxy) is 1. The molecule has 2 aromatic rings. The summed E-state index contributed by atoms with van der Waals surface area (Å²) in [6.45, 7) is 3.69. The summed E-state index contributed by atoms with van der Waals surface area (Å²) in [6.07, 6.45) is 0.489. The molecule has 0 saturated heterocycles. The van der Waals surface area contributed by atoms with Crippen LogP contribution in [0.15, 0.2) is 53.5 Å². The van der Waals surface area contributed by atoms with E-state index < -0.39 is 12.0 Å². The van der Waals surface area contributed by atoms with Crippen LogP contribution in [0.3, 0.4) is 0 Å². The van der Waals surface area contributed by atoms with Gasteiger partial charge in [0.1, 0.15) is 6.04 Å². The molecule has 0 aliphatic heterocycles. The molecule has 4 nitrogen and oxygen atoms in total. The summed E-state index contributed by atoms with van der Waals surface area (Å²) in [5.74, 6) is -0.720. The van der Waals surface area contributed by atoms with Gasteiger partial charge >= 0.3 is 5.97 Å². The van der Waals surface area contributed by atoms with Crippen LogP contribution in [0.5, 0.6) is 0 Å². The number of fused-ring (bicyclic) bond motifs is 1. The van der Waals surface area contributed by atoms with Gasteiger partial charge in [0, 0.05) is 6.42 Å². The van der Waals surface area contributed by atoms with Gasteiger partial charge in [-0.15, -0.1) is 0 Å². The summed E-state index contributed by atoms with van der Waals surface area (Å²) in [6, 6.07) is 13.1. The van der Waals surface area contributed by atoms with Crippen molar-refractivity contribution in [1.29, 1.82) is 0 Å². The number of carbonyl (C=O) groups excluding carboxylic acids is 2. The normalized spacial score (nSPS) is 11.7. The zero-order valence-corrected chi connectivity index (χ0v) is 14.4. The van der Waals surface area contributed by atoms with Gasteiger partial charge in [-0.1, -0.05) is 65.0 Å². The molecule has 2 aromatic carbocycles. The third-order valence-corrected chi connectivity index (χ3v) is 3.75. The molecule has 2 rings (SSSR count). The summed E-state index contributed by atoms with van der Waals surface area (Å²) in [7, 11) is 1.29. The molecule has 23 heavy (non-hydrogen) atoms. The predicted molar refractivity (Wildman–Crippen MR) is 94.3 cm³/mol. The van der Waals surface area contributed by atoms with Crippen LogP contribution >= 0.6 is 15.9 Å². The lowest BCUT2D eigenvalue weighted by Gasteiger charge is -2.16. The molecule has 0 heterocycles. The minimum absolute atomic E-state index is 0.201. The number of esters is 1. The number of rotatable bonds is 6. The average molecular weight is 376 g/mol. The first-order chi connectivity index (χ1) is 11.0. The molecule has 0 radical (unpaired) electrons. The van der Waals surface area contributed by atoms with Gasteiger partial charge in [0.15, 0.2) is 0 Å². The molecule has 0 aliphatic carbocycles. The van der Waals surface area contributed by atoms with Gasteiger partial charge < -0.3 is 10.1 Å². The van der Waals surface area contributed by atoms with Gasteiger partial charge in [-0.25, -0.2) is 4.79 Å². The zero-order valence-electron chi connectivity index (χ0n) is 12.8. The highest BCUT2D eigenvalue weighted by atomic mass is 79.9. The van der Waals surface area contributed by atoms with Crippen LogP contribution < -0.4 is 5.32 Å². The van der Waals surface area contributed by atoms with Crippen LogP contribution in [0, 0.1) is 0 Å². The number of carbonyl (C=O) groups is 2. The number of methoxy groups -OCH3 is 1. The number of nitrogens with one attached hydrogen (secondary N) is 1. The Morgan fingerprint density at radius 1 is 1.22 bits per heavy atom. The van der Waals surface area contributed by atoms with Gasteiger partial charge in [0.25, 0.3) is 0 Å². The highest BCUT2D eigenvalue weighted by molar-refractivity contribution is 9.11. The molecule has 0 fully saturated rings. The van der Waals surface area contributed by atoms with Crippen molar-refractivity contribution in [3.05, 3.63) is 59.1 Å². The number of amides is 1. The van der Waals surface area contributed by atoms with Crippen LogP contribution in [0.2, 0.25) is 0 Å². The molecule has 5 heteroatoms.